The number of aromatic nitrogens is 2. The molecule has 1 spiro atoms. The van der Waals surface area contributed by atoms with Gasteiger partial charge in [-0.25, -0.2) is 4.79 Å². The summed E-state index contributed by atoms with van der Waals surface area (Å²) in [5.74, 6) is -5.53. The molecule has 0 bridgehead atoms. The SMILES string of the molecule is C#[N+][C@]12CCCC[C@H]1C[C@H]1C(=O)N[C@@H](Cc3c[nH]c4ccccc34)C(=O)NC3(CCCC3)C(=O)N[C@@H](Cc3c[nH]c4ccccc34)C(=O)N[C@@H](CCNC(=O)ON3C(=O)CCC3=O)C(=O)N3CCC[C@@H]3C(=O)N12. The summed E-state index contributed by atoms with van der Waals surface area (Å²) >= 11 is 0. The average Bonchev–Trinajstić information content (AvgIpc) is 4.28. The molecule has 7 N–H and O–H groups in total. The molecule has 21 heteroatoms. The Morgan fingerprint density at radius 2 is 1.32 bits per heavy atom. The van der Waals surface area contributed by atoms with Gasteiger partial charge in [0.15, 0.2) is 0 Å². The normalized spacial score (nSPS) is 28.0. The van der Waals surface area contributed by atoms with Crippen LogP contribution in [0.25, 0.3) is 26.7 Å². The van der Waals surface area contributed by atoms with E-state index in [9.17, 15) is 14.4 Å². The van der Waals surface area contributed by atoms with E-state index in [1.165, 1.54) is 9.80 Å². The molecule has 6 aliphatic rings. The number of carbonyl (C=O) groups excluding carboxylic acids is 9. The van der Waals surface area contributed by atoms with Gasteiger partial charge in [-0.1, -0.05) is 60.5 Å². The number of aromatic amines is 2. The Morgan fingerprint density at radius 3 is 1.97 bits per heavy atom. The quantitative estimate of drug-likeness (QED) is 0.127. The first-order chi connectivity index (χ1) is 35.3. The zero-order chi connectivity index (χ0) is 51.0. The minimum atomic E-state index is -1.52. The number of imide groups is 1. The van der Waals surface area contributed by atoms with Gasteiger partial charge in [-0.3, -0.25) is 43.3 Å². The molecule has 6 fully saturated rings. The van der Waals surface area contributed by atoms with E-state index < -0.39 is 94.8 Å². The van der Waals surface area contributed by atoms with E-state index in [4.69, 9.17) is 11.4 Å². The minimum absolute atomic E-state index is 0.0226. The van der Waals surface area contributed by atoms with Gasteiger partial charge < -0.3 is 46.3 Å². The number of benzene rings is 2. The molecule has 382 valence electrons. The van der Waals surface area contributed by atoms with E-state index in [0.29, 0.717) is 49.2 Å². The van der Waals surface area contributed by atoms with Crippen LogP contribution in [0.3, 0.4) is 0 Å². The number of H-pyrrole nitrogens is 2. The number of hydroxylamine groups is 2. The maximum absolute atomic E-state index is 15.5. The predicted octanol–water partition coefficient (Wildman–Crippen LogP) is 2.95. The molecule has 9 amide bonds. The van der Waals surface area contributed by atoms with Gasteiger partial charge in [0.2, 0.25) is 29.5 Å². The monoisotopic (exact) mass is 998 g/mol. The molecule has 4 aromatic rings. The number of nitrogens with zero attached hydrogens (tertiary/aromatic N) is 4. The molecule has 4 aliphatic heterocycles. The van der Waals surface area contributed by atoms with Crippen molar-refractivity contribution in [2.75, 3.05) is 13.1 Å². The first kappa shape index (κ1) is 48.8. The lowest BCUT2D eigenvalue weighted by atomic mass is 9.79. The van der Waals surface area contributed by atoms with Gasteiger partial charge in [0.05, 0.1) is 12.3 Å². The van der Waals surface area contributed by atoms with Crippen LogP contribution >= 0.6 is 0 Å². The minimum Gasteiger partial charge on any atom is -0.361 e. The lowest BCUT2D eigenvalue weighted by Crippen LogP contribution is -2.66. The molecule has 10 rings (SSSR count). The van der Waals surface area contributed by atoms with Crippen molar-refractivity contribution in [1.29, 1.82) is 0 Å². The van der Waals surface area contributed by atoms with E-state index in [2.05, 4.69) is 41.4 Å². The number of hydrogen-bond acceptors (Lipinski definition) is 10. The maximum atomic E-state index is 15.5. The summed E-state index contributed by atoms with van der Waals surface area (Å²) in [5.41, 5.74) is 0.207. The summed E-state index contributed by atoms with van der Waals surface area (Å²) in [5, 5.41) is 16.4. The van der Waals surface area contributed by atoms with E-state index in [1.54, 1.807) is 12.4 Å². The lowest BCUT2D eigenvalue weighted by Gasteiger charge is -2.38. The molecule has 0 unspecified atom stereocenters. The summed E-state index contributed by atoms with van der Waals surface area (Å²) in [6, 6.07) is 8.74. The highest BCUT2D eigenvalue weighted by Gasteiger charge is 2.67. The Balaban J connectivity index is 1.04. The highest BCUT2D eigenvalue weighted by Crippen LogP contribution is 2.50. The fraction of sp³-hybridized carbons (Fsp3) is 0.500. The topological polar surface area (TPSA) is 269 Å². The molecular weight excluding hydrogens is 939 g/mol. The zero-order valence-corrected chi connectivity index (χ0v) is 40.4. The Hall–Kier alpha value is -7.76. The average molecular weight is 999 g/mol. The first-order valence-corrected chi connectivity index (χ1v) is 25.5. The Bertz CT molecular complexity index is 2920. The van der Waals surface area contributed by atoms with Gasteiger partial charge in [-0.05, 0) is 74.6 Å². The van der Waals surface area contributed by atoms with Crippen molar-refractivity contribution in [1.82, 2.24) is 51.4 Å². The standard InChI is InChI=1S/C52H59N11O10/c1-53-52-22-7-6-11-32(52)27-41-46(68)58-39(26-31-29-56-36-15-5-3-13-34(31)36)45(67)60-51(20-8-9-21-51)49(71)59-38(25-30-28-55-35-14-4-2-12-33(30)35)44(66)57-37(47(69)61-24-10-16-40(61)48(70)62(41)52)19-23-54-50(72)73-63-42(64)17-18-43(63)65/h1-5,12-15,28-29,32,37-41,55-56H,6-11,16-27H2,(H4-,54,57,58,59,60,66,67,68,71,72)/p+1/t32-,37-,38-,39-,40+,41-,52-/m0/s1. The second kappa shape index (κ2) is 20.0. The third-order valence-electron chi connectivity index (χ3n) is 16.0. The van der Waals surface area contributed by atoms with Crippen LogP contribution in [-0.2, 0) is 56.0 Å². The van der Waals surface area contributed by atoms with Crippen molar-refractivity contribution >= 4 is 75.2 Å². The smallest absolute Gasteiger partial charge is 0.361 e. The second-order valence-electron chi connectivity index (χ2n) is 20.3. The second-order valence-corrected chi connectivity index (χ2v) is 20.3. The van der Waals surface area contributed by atoms with Crippen LogP contribution in [0.2, 0.25) is 0 Å². The highest BCUT2D eigenvalue weighted by atomic mass is 16.7. The summed E-state index contributed by atoms with van der Waals surface area (Å²) in [7, 11) is 0. The molecule has 0 radical (unpaired) electrons. The van der Waals surface area contributed by atoms with Crippen molar-refractivity contribution < 1.29 is 48.0 Å². The van der Waals surface area contributed by atoms with Crippen molar-refractivity contribution in [2.45, 2.75) is 144 Å². The molecule has 21 nitrogen and oxygen atoms in total. The Labute approximate surface area is 420 Å². The van der Waals surface area contributed by atoms with E-state index in [1.807, 2.05) is 48.5 Å². The lowest BCUT2D eigenvalue weighted by molar-refractivity contribution is -0.171. The van der Waals surface area contributed by atoms with Crippen molar-refractivity contribution in [2.24, 2.45) is 5.92 Å². The molecular formula is C52H60N11O10+. The number of fused-ring (bicyclic) bond motifs is 6. The molecule has 2 saturated carbocycles. The van der Waals surface area contributed by atoms with Crippen molar-refractivity contribution in [3.63, 3.8) is 0 Å². The fourth-order valence-electron chi connectivity index (χ4n) is 12.3. The van der Waals surface area contributed by atoms with Crippen LogP contribution < -0.4 is 26.6 Å². The van der Waals surface area contributed by atoms with Gasteiger partial charge in [-0.15, -0.1) is 5.06 Å². The summed E-state index contributed by atoms with van der Waals surface area (Å²) in [6.45, 7) is 6.11. The molecule has 6 heterocycles. The predicted molar refractivity (Wildman–Crippen MR) is 262 cm³/mol. The van der Waals surface area contributed by atoms with E-state index in [-0.39, 0.29) is 76.8 Å². The van der Waals surface area contributed by atoms with Crippen LogP contribution in [0.4, 0.5) is 4.79 Å². The maximum Gasteiger partial charge on any atom is 0.432 e. The Morgan fingerprint density at radius 1 is 0.699 bits per heavy atom. The van der Waals surface area contributed by atoms with Gasteiger partial charge >= 0.3 is 11.8 Å². The van der Waals surface area contributed by atoms with Crippen LogP contribution in [0, 0.1) is 12.5 Å². The zero-order valence-electron chi connectivity index (χ0n) is 40.4. The Kier molecular flexibility index (Phi) is 13.4. The summed E-state index contributed by atoms with van der Waals surface area (Å²) in [6.07, 6.45) is 6.69. The van der Waals surface area contributed by atoms with Crippen LogP contribution in [0.5, 0.6) is 0 Å². The van der Waals surface area contributed by atoms with Gasteiger partial charge in [0, 0.05) is 73.0 Å². The fourth-order valence-corrected chi connectivity index (χ4v) is 12.3. The number of amides is 9. The van der Waals surface area contributed by atoms with Gasteiger partial charge in [0.25, 0.3) is 24.3 Å². The molecule has 73 heavy (non-hydrogen) atoms. The van der Waals surface area contributed by atoms with Crippen LogP contribution in [-0.4, -0.2) is 133 Å². The largest absolute Gasteiger partial charge is 0.432 e. The van der Waals surface area contributed by atoms with Crippen molar-refractivity contribution in [3.05, 3.63) is 76.9 Å². The number of carbonyl (C=O) groups is 9. The van der Waals surface area contributed by atoms with Crippen LogP contribution in [0.15, 0.2) is 60.9 Å². The van der Waals surface area contributed by atoms with E-state index >= 15 is 28.8 Å². The number of rotatable bonds is 8. The van der Waals surface area contributed by atoms with Gasteiger partial charge in [-0.2, -0.15) is 0 Å². The molecule has 4 saturated heterocycles. The van der Waals surface area contributed by atoms with Crippen molar-refractivity contribution in [3.8, 4) is 6.57 Å². The number of nitrogens with one attached hydrogen (secondary N) is 7. The number of para-hydroxylation sites is 2. The third-order valence-corrected chi connectivity index (χ3v) is 16.0. The van der Waals surface area contributed by atoms with E-state index in [0.717, 1.165) is 33.8 Å². The first-order valence-electron chi connectivity index (χ1n) is 25.5. The highest BCUT2D eigenvalue weighted by molar-refractivity contribution is 6.02. The van der Waals surface area contributed by atoms with Crippen LogP contribution in [0.1, 0.15) is 101 Å². The number of hydrogen-bond donors (Lipinski definition) is 7. The summed E-state index contributed by atoms with van der Waals surface area (Å²) < 4.78 is 0. The summed E-state index contributed by atoms with van der Waals surface area (Å²) in [4.78, 5) is 147. The molecule has 2 aromatic heterocycles. The molecule has 2 aromatic carbocycles. The van der Waals surface area contributed by atoms with Gasteiger partial charge in [0.1, 0.15) is 35.7 Å². The molecule has 7 atom stereocenters. The molecule has 2 aliphatic carbocycles. The third kappa shape index (κ3) is 9.23.